The number of halogens is 3. The summed E-state index contributed by atoms with van der Waals surface area (Å²) in [4.78, 5) is 16.7. The van der Waals surface area contributed by atoms with Crippen LogP contribution in [0.25, 0.3) is 0 Å². The lowest BCUT2D eigenvalue weighted by Gasteiger charge is -2.15. The summed E-state index contributed by atoms with van der Waals surface area (Å²) in [6.07, 6.45) is -0.660. The maximum atomic E-state index is 13.5. The zero-order valence-corrected chi connectivity index (χ0v) is 14.5. The number of anilines is 1. The van der Waals surface area contributed by atoms with Crippen molar-refractivity contribution in [1.29, 1.82) is 0 Å². The van der Waals surface area contributed by atoms with E-state index in [0.29, 0.717) is 0 Å². The third-order valence-corrected chi connectivity index (χ3v) is 3.65. The molecule has 1 aromatic carbocycles. The van der Waals surface area contributed by atoms with Crippen LogP contribution in [0, 0.1) is 0 Å². The van der Waals surface area contributed by atoms with Gasteiger partial charge in [-0.25, -0.2) is 9.78 Å². The number of pyridine rings is 1. The standard InChI is InChI=1S/C17H14F3N5O3/c1-27-16(26)12-7-11(2-3-14(12)21)28-15-13(17(18,19)20)6-10(8-22-15)9-25-23-4-5-24-25/h2-8H,9,21H2,1H3. The van der Waals surface area contributed by atoms with Crippen LogP contribution < -0.4 is 10.5 Å². The Morgan fingerprint density at radius 1 is 1.21 bits per heavy atom. The Morgan fingerprint density at radius 3 is 2.57 bits per heavy atom. The number of methoxy groups -OCH3 is 1. The monoisotopic (exact) mass is 393 g/mol. The number of hydrogen-bond donors (Lipinski definition) is 1. The van der Waals surface area contributed by atoms with Crippen LogP contribution in [0.1, 0.15) is 21.5 Å². The molecule has 3 aromatic rings. The molecule has 0 saturated heterocycles. The number of ether oxygens (including phenoxy) is 2. The van der Waals surface area contributed by atoms with E-state index in [4.69, 9.17) is 10.5 Å². The van der Waals surface area contributed by atoms with Crippen LogP contribution in [0.2, 0.25) is 0 Å². The summed E-state index contributed by atoms with van der Waals surface area (Å²) in [5.74, 6) is -1.45. The number of nitrogen functional groups attached to an aromatic ring is 1. The first-order valence-electron chi connectivity index (χ1n) is 7.84. The maximum absolute atomic E-state index is 13.5. The van der Waals surface area contributed by atoms with Gasteiger partial charge in [0.15, 0.2) is 0 Å². The second-order valence-electron chi connectivity index (χ2n) is 5.60. The quantitative estimate of drug-likeness (QED) is 0.525. The van der Waals surface area contributed by atoms with Gasteiger partial charge in [-0.05, 0) is 29.8 Å². The Labute approximate surface area is 156 Å². The predicted molar refractivity (Wildman–Crippen MR) is 90.6 cm³/mol. The number of esters is 1. The van der Waals surface area contributed by atoms with Crippen molar-refractivity contribution in [3.63, 3.8) is 0 Å². The Balaban J connectivity index is 1.94. The van der Waals surface area contributed by atoms with Crippen molar-refractivity contribution in [2.75, 3.05) is 12.8 Å². The van der Waals surface area contributed by atoms with E-state index in [9.17, 15) is 18.0 Å². The third-order valence-electron chi connectivity index (χ3n) is 3.65. The van der Waals surface area contributed by atoms with Gasteiger partial charge < -0.3 is 15.2 Å². The highest BCUT2D eigenvalue weighted by molar-refractivity contribution is 5.95. The molecule has 0 saturated carbocycles. The molecule has 0 fully saturated rings. The minimum absolute atomic E-state index is 0.0116. The largest absolute Gasteiger partial charge is 0.465 e. The van der Waals surface area contributed by atoms with E-state index in [0.717, 1.165) is 13.2 Å². The third kappa shape index (κ3) is 4.19. The van der Waals surface area contributed by atoms with Crippen molar-refractivity contribution in [2.45, 2.75) is 12.7 Å². The van der Waals surface area contributed by atoms with Gasteiger partial charge in [-0.2, -0.15) is 28.2 Å². The zero-order valence-electron chi connectivity index (χ0n) is 14.5. The van der Waals surface area contributed by atoms with E-state index < -0.39 is 23.6 Å². The van der Waals surface area contributed by atoms with E-state index in [1.54, 1.807) is 0 Å². The molecule has 3 rings (SSSR count). The molecular formula is C17H14F3N5O3. The number of aromatic nitrogens is 4. The van der Waals surface area contributed by atoms with E-state index in [1.165, 1.54) is 41.6 Å². The first-order valence-corrected chi connectivity index (χ1v) is 7.84. The molecule has 146 valence electrons. The van der Waals surface area contributed by atoms with Gasteiger partial charge >= 0.3 is 12.1 Å². The highest BCUT2D eigenvalue weighted by Gasteiger charge is 2.36. The lowest BCUT2D eigenvalue weighted by Crippen LogP contribution is -2.12. The maximum Gasteiger partial charge on any atom is 0.421 e. The molecule has 2 N–H and O–H groups in total. The van der Waals surface area contributed by atoms with Gasteiger partial charge in [-0.15, -0.1) is 0 Å². The zero-order chi connectivity index (χ0) is 20.3. The molecule has 0 radical (unpaired) electrons. The van der Waals surface area contributed by atoms with Crippen molar-refractivity contribution < 1.29 is 27.4 Å². The second-order valence-corrected chi connectivity index (χ2v) is 5.60. The molecule has 0 aliphatic heterocycles. The summed E-state index contributed by atoms with van der Waals surface area (Å²) in [6.45, 7) is 0.0116. The minimum Gasteiger partial charge on any atom is -0.465 e. The summed E-state index contributed by atoms with van der Waals surface area (Å²) in [5, 5.41) is 7.69. The van der Waals surface area contributed by atoms with E-state index in [-0.39, 0.29) is 29.1 Å². The molecule has 0 spiro atoms. The SMILES string of the molecule is COC(=O)c1cc(Oc2ncc(Cn3nccn3)cc2C(F)(F)F)ccc1N. The van der Waals surface area contributed by atoms with Crippen molar-refractivity contribution in [2.24, 2.45) is 0 Å². The molecule has 0 aliphatic rings. The Hall–Kier alpha value is -3.63. The number of nitrogens with zero attached hydrogens (tertiary/aromatic N) is 4. The van der Waals surface area contributed by atoms with Crippen molar-refractivity contribution >= 4 is 11.7 Å². The summed E-state index contributed by atoms with van der Waals surface area (Å²) in [7, 11) is 1.16. The Bertz CT molecular complexity index is 990. The van der Waals surface area contributed by atoms with Crippen molar-refractivity contribution in [3.8, 4) is 11.6 Å². The number of benzene rings is 1. The number of carbonyl (C=O) groups excluding carboxylic acids is 1. The molecule has 11 heteroatoms. The summed E-state index contributed by atoms with van der Waals surface area (Å²) >= 11 is 0. The molecule has 2 aromatic heterocycles. The average molecular weight is 393 g/mol. The highest BCUT2D eigenvalue weighted by atomic mass is 19.4. The fourth-order valence-electron chi connectivity index (χ4n) is 2.35. The van der Waals surface area contributed by atoms with Crippen LogP contribution in [0.4, 0.5) is 18.9 Å². The topological polar surface area (TPSA) is 105 Å². The molecule has 0 unspecified atom stereocenters. The molecule has 0 atom stereocenters. The lowest BCUT2D eigenvalue weighted by atomic mass is 10.1. The molecular weight excluding hydrogens is 379 g/mol. The van der Waals surface area contributed by atoms with E-state index in [2.05, 4.69) is 19.9 Å². The highest BCUT2D eigenvalue weighted by Crippen LogP contribution is 2.37. The molecule has 0 aliphatic carbocycles. The van der Waals surface area contributed by atoms with Crippen LogP contribution in [0.3, 0.4) is 0 Å². The van der Waals surface area contributed by atoms with Gasteiger partial charge in [0.25, 0.3) is 0 Å². The number of rotatable bonds is 5. The lowest BCUT2D eigenvalue weighted by molar-refractivity contribution is -0.138. The Morgan fingerprint density at radius 2 is 1.93 bits per heavy atom. The van der Waals surface area contributed by atoms with Gasteiger partial charge in [-0.3, -0.25) is 0 Å². The molecule has 0 bridgehead atoms. The van der Waals surface area contributed by atoms with Crippen molar-refractivity contribution in [3.05, 3.63) is 59.5 Å². The van der Waals surface area contributed by atoms with Crippen LogP contribution in [-0.4, -0.2) is 33.1 Å². The normalized spacial score (nSPS) is 11.3. The first-order chi connectivity index (χ1) is 13.3. The second kappa shape index (κ2) is 7.55. The molecule has 0 amide bonds. The summed E-state index contributed by atoms with van der Waals surface area (Å²) < 4.78 is 50.3. The van der Waals surface area contributed by atoms with Gasteiger partial charge in [-0.1, -0.05) is 0 Å². The van der Waals surface area contributed by atoms with Gasteiger partial charge in [0.1, 0.15) is 11.3 Å². The van der Waals surface area contributed by atoms with Crippen LogP contribution in [-0.2, 0) is 17.5 Å². The fraction of sp³-hybridized carbons (Fsp3) is 0.176. The van der Waals surface area contributed by atoms with Crippen molar-refractivity contribution in [1.82, 2.24) is 20.0 Å². The smallest absolute Gasteiger partial charge is 0.421 e. The van der Waals surface area contributed by atoms with E-state index in [1.807, 2.05) is 0 Å². The minimum atomic E-state index is -4.71. The molecule has 28 heavy (non-hydrogen) atoms. The molecule has 8 nitrogen and oxygen atoms in total. The van der Waals surface area contributed by atoms with Crippen LogP contribution in [0.5, 0.6) is 11.6 Å². The van der Waals surface area contributed by atoms with Gasteiger partial charge in [0.2, 0.25) is 5.88 Å². The molecule has 2 heterocycles. The van der Waals surface area contributed by atoms with Crippen LogP contribution in [0.15, 0.2) is 42.9 Å². The Kier molecular flexibility index (Phi) is 5.16. The van der Waals surface area contributed by atoms with E-state index >= 15 is 0 Å². The number of alkyl halides is 3. The number of carbonyl (C=O) groups is 1. The average Bonchev–Trinajstić information content (AvgIpc) is 3.16. The number of nitrogens with two attached hydrogens (primary N) is 1. The summed E-state index contributed by atoms with van der Waals surface area (Å²) in [5.41, 5.74) is 4.91. The summed E-state index contributed by atoms with van der Waals surface area (Å²) in [6, 6.07) is 4.74. The fourth-order valence-corrected chi connectivity index (χ4v) is 2.35. The van der Waals surface area contributed by atoms with Crippen LogP contribution >= 0.6 is 0 Å². The number of hydrogen-bond acceptors (Lipinski definition) is 7. The van der Waals surface area contributed by atoms with Gasteiger partial charge in [0.05, 0.1) is 31.6 Å². The van der Waals surface area contributed by atoms with Gasteiger partial charge in [0, 0.05) is 11.9 Å². The predicted octanol–water partition coefficient (Wildman–Crippen LogP) is 2.90. The first kappa shape index (κ1) is 19.1.